The van der Waals surface area contributed by atoms with Crippen LogP contribution in [0.25, 0.3) is 32.7 Å². The molecule has 0 aliphatic rings. The van der Waals surface area contributed by atoms with Crippen molar-refractivity contribution in [3.63, 3.8) is 0 Å². The van der Waals surface area contributed by atoms with Crippen molar-refractivity contribution in [1.29, 1.82) is 0 Å². The van der Waals surface area contributed by atoms with Gasteiger partial charge in [0, 0.05) is 11.1 Å². The topological polar surface area (TPSA) is 63.2 Å². The highest BCUT2D eigenvalue weighted by atomic mass is 31.1. The van der Waals surface area contributed by atoms with Gasteiger partial charge in [0.05, 0.1) is 0 Å². The zero-order valence-electron chi connectivity index (χ0n) is 30.9. The fraction of sp³-hybridized carbons (Fsp3) is 0.152. The zero-order chi connectivity index (χ0) is 37.6. The van der Waals surface area contributed by atoms with Crippen molar-refractivity contribution >= 4 is 45.6 Å². The minimum absolute atomic E-state index is 0.244. The minimum Gasteiger partial charge on any atom is -0.440 e. The summed E-state index contributed by atoms with van der Waals surface area (Å²) in [4.78, 5) is 14.3. The number of hydrogen-bond acceptors (Lipinski definition) is 6. The van der Waals surface area contributed by atoms with Gasteiger partial charge in [0.15, 0.2) is 0 Å². The molecule has 2 atom stereocenters. The van der Waals surface area contributed by atoms with Crippen LogP contribution in [0.5, 0.6) is 28.7 Å². The second-order valence-corrected chi connectivity index (χ2v) is 14.8. The predicted octanol–water partition coefficient (Wildman–Crippen LogP) is 13.4. The van der Waals surface area contributed by atoms with Crippen molar-refractivity contribution in [1.82, 2.24) is 0 Å². The van der Waals surface area contributed by atoms with Crippen LogP contribution in [0, 0.1) is 6.92 Å². The molecular formula is C46H42O6P2. The van der Waals surface area contributed by atoms with Crippen LogP contribution in [0.2, 0.25) is 0 Å². The fourth-order valence-corrected chi connectivity index (χ4v) is 7.71. The van der Waals surface area contributed by atoms with E-state index in [1.807, 2.05) is 110 Å². The molecule has 0 spiro atoms. The Hall–Kier alpha value is -5.41. The van der Waals surface area contributed by atoms with Gasteiger partial charge in [-0.15, -0.1) is 0 Å². The van der Waals surface area contributed by atoms with E-state index in [4.69, 9.17) is 22.8 Å². The lowest BCUT2D eigenvalue weighted by molar-refractivity contribution is 0.0733. The number of benzene rings is 7. The van der Waals surface area contributed by atoms with Crippen molar-refractivity contribution < 1.29 is 27.6 Å². The number of hydrogen-bond donors (Lipinski definition) is 0. The summed E-state index contributed by atoms with van der Waals surface area (Å²) in [6.07, 6.45) is 0. The average molecular weight is 753 g/mol. The number of esters is 1. The third kappa shape index (κ3) is 8.06. The third-order valence-corrected chi connectivity index (χ3v) is 10.5. The maximum Gasteiger partial charge on any atom is 0.347 e. The van der Waals surface area contributed by atoms with Gasteiger partial charge in [0.25, 0.3) is 18.1 Å². The largest absolute Gasteiger partial charge is 0.440 e. The van der Waals surface area contributed by atoms with Crippen molar-refractivity contribution in [2.45, 2.75) is 46.5 Å². The van der Waals surface area contributed by atoms with Gasteiger partial charge >= 0.3 is 5.97 Å². The van der Waals surface area contributed by atoms with E-state index >= 15 is 0 Å². The predicted molar refractivity (Wildman–Crippen MR) is 223 cm³/mol. The van der Waals surface area contributed by atoms with Gasteiger partial charge in [-0.2, -0.15) is 0 Å². The summed E-state index contributed by atoms with van der Waals surface area (Å²) >= 11 is 0. The van der Waals surface area contributed by atoms with Gasteiger partial charge in [-0.1, -0.05) is 136 Å². The Bertz CT molecular complexity index is 2420. The van der Waals surface area contributed by atoms with Gasteiger partial charge < -0.3 is 22.8 Å². The highest BCUT2D eigenvalue weighted by Gasteiger charge is 2.27. The second kappa shape index (κ2) is 16.7. The number of ether oxygens (including phenoxy) is 1. The number of fused-ring (bicyclic) bond motifs is 2. The Kier molecular flexibility index (Phi) is 11.4. The molecule has 54 heavy (non-hydrogen) atoms. The van der Waals surface area contributed by atoms with Gasteiger partial charge in [-0.3, -0.25) is 0 Å². The summed E-state index contributed by atoms with van der Waals surface area (Å²) in [6.45, 7) is 10.5. The highest BCUT2D eigenvalue weighted by molar-refractivity contribution is 7.27. The molecule has 0 saturated heterocycles. The number of rotatable bonds is 13. The minimum atomic E-state index is -0.550. The first-order valence-corrected chi connectivity index (χ1v) is 19.6. The van der Waals surface area contributed by atoms with Gasteiger partial charge in [0.2, 0.25) is 0 Å². The lowest BCUT2D eigenvalue weighted by Crippen LogP contribution is -2.11. The third-order valence-electron chi connectivity index (χ3n) is 9.27. The molecule has 7 aromatic carbocycles. The maximum absolute atomic E-state index is 14.3. The SMILES string of the molecule is Cc1ccc(OC(=O)c2cc3ccccc3c(-c3c(OPOc4ccccc4C(C)C)ccc4ccccc34)c2OPOc2ccccc2C(C)C)cc1. The van der Waals surface area contributed by atoms with Crippen LogP contribution in [0.4, 0.5) is 0 Å². The molecule has 272 valence electrons. The quantitative estimate of drug-likeness (QED) is 0.0664. The maximum atomic E-state index is 14.3. The molecule has 7 rings (SSSR count). The van der Waals surface area contributed by atoms with Crippen molar-refractivity contribution in [2.75, 3.05) is 0 Å². The first-order chi connectivity index (χ1) is 26.3. The molecule has 0 N–H and O–H groups in total. The molecule has 0 heterocycles. The number of carbonyl (C=O) groups is 1. The van der Waals surface area contributed by atoms with Crippen LogP contribution < -0.4 is 22.8 Å². The molecule has 0 bridgehead atoms. The molecule has 0 amide bonds. The van der Waals surface area contributed by atoms with E-state index in [-0.39, 0.29) is 26.4 Å². The van der Waals surface area contributed by atoms with Gasteiger partial charge in [0.1, 0.15) is 34.3 Å². The molecule has 0 saturated carbocycles. The fourth-order valence-electron chi connectivity index (χ4n) is 6.52. The molecule has 8 heteroatoms. The van der Waals surface area contributed by atoms with Crippen molar-refractivity contribution in [3.05, 3.63) is 162 Å². The lowest BCUT2D eigenvalue weighted by Gasteiger charge is -2.22. The zero-order valence-corrected chi connectivity index (χ0v) is 32.9. The van der Waals surface area contributed by atoms with E-state index in [1.165, 1.54) is 0 Å². The number of para-hydroxylation sites is 2. The Balaban J connectivity index is 1.38. The summed E-state index contributed by atoms with van der Waals surface area (Å²) in [5, 5.41) is 3.65. The number of carbonyl (C=O) groups excluding carboxylic acids is 1. The highest BCUT2D eigenvalue weighted by Crippen LogP contribution is 2.50. The monoisotopic (exact) mass is 752 g/mol. The average Bonchev–Trinajstić information content (AvgIpc) is 3.18. The molecule has 2 unspecified atom stereocenters. The van der Waals surface area contributed by atoms with Crippen molar-refractivity contribution in [3.8, 4) is 39.9 Å². The summed E-state index contributed by atoms with van der Waals surface area (Å²) in [5.41, 5.74) is 4.96. The first-order valence-electron chi connectivity index (χ1n) is 18.0. The van der Waals surface area contributed by atoms with E-state index in [0.29, 0.717) is 22.8 Å². The normalized spacial score (nSPS) is 11.7. The molecular weight excluding hydrogens is 710 g/mol. The van der Waals surface area contributed by atoms with Gasteiger partial charge in [-0.25, -0.2) is 4.79 Å². The smallest absolute Gasteiger partial charge is 0.347 e. The molecule has 0 aliphatic carbocycles. The Morgan fingerprint density at radius 1 is 0.519 bits per heavy atom. The van der Waals surface area contributed by atoms with E-state index in [0.717, 1.165) is 55.3 Å². The molecule has 0 aliphatic heterocycles. The molecule has 0 radical (unpaired) electrons. The van der Waals surface area contributed by atoms with Crippen LogP contribution in [0.15, 0.2) is 140 Å². The van der Waals surface area contributed by atoms with Crippen LogP contribution in [-0.4, -0.2) is 5.97 Å². The lowest BCUT2D eigenvalue weighted by atomic mass is 9.90. The summed E-state index contributed by atoms with van der Waals surface area (Å²) in [7, 11) is -0.818. The van der Waals surface area contributed by atoms with Crippen LogP contribution in [-0.2, 0) is 0 Å². The standard InChI is InChI=1S/C46H42O6P2/c1-29(2)35-16-10-12-20-40(35)49-53-51-42-27-24-32-14-6-8-18-37(32)43(42)44-38-19-9-7-15-33(38)28-39(46(47)48-34-25-22-31(5)23-26-34)45(44)52-54-50-41-21-13-11-17-36(41)30(3)4/h6-30,53-54H,1-5H3. The van der Waals surface area contributed by atoms with Crippen LogP contribution >= 0.6 is 18.1 Å². The number of aryl methyl sites for hydroxylation is 1. The summed E-state index contributed by atoms with van der Waals surface area (Å²) in [5.74, 6) is 2.84. The molecule has 6 nitrogen and oxygen atoms in total. The molecule has 7 aromatic rings. The van der Waals surface area contributed by atoms with E-state index in [1.54, 1.807) is 12.1 Å². The van der Waals surface area contributed by atoms with E-state index in [2.05, 4.69) is 52.0 Å². The van der Waals surface area contributed by atoms with Crippen molar-refractivity contribution in [2.24, 2.45) is 0 Å². The van der Waals surface area contributed by atoms with Gasteiger partial charge in [-0.05, 0) is 87.8 Å². The Morgan fingerprint density at radius 3 is 1.67 bits per heavy atom. The van der Waals surface area contributed by atoms with Crippen LogP contribution in [0.1, 0.15) is 66.6 Å². The van der Waals surface area contributed by atoms with E-state index < -0.39 is 15.0 Å². The Labute approximate surface area is 320 Å². The molecule has 0 aromatic heterocycles. The summed E-state index contributed by atoms with van der Waals surface area (Å²) < 4.78 is 31.9. The second-order valence-electron chi connectivity index (χ2n) is 13.7. The first kappa shape index (κ1) is 36.9. The summed E-state index contributed by atoms with van der Waals surface area (Å²) in [6, 6.07) is 45.3. The molecule has 0 fully saturated rings. The Morgan fingerprint density at radius 2 is 1.04 bits per heavy atom. The van der Waals surface area contributed by atoms with Crippen LogP contribution in [0.3, 0.4) is 0 Å². The van der Waals surface area contributed by atoms with E-state index in [9.17, 15) is 4.79 Å².